The number of aliphatic imine (C=N–C) groups is 2. The first kappa shape index (κ1) is 20.9. The lowest BCUT2D eigenvalue weighted by atomic mass is 10.2. The molecule has 0 bridgehead atoms. The number of hydrogen-bond acceptors (Lipinski definition) is 8. The van der Waals surface area contributed by atoms with Crippen molar-refractivity contribution < 1.29 is 9.53 Å². The molecule has 0 radical (unpaired) electrons. The summed E-state index contributed by atoms with van der Waals surface area (Å²) in [5, 5.41) is 12.7. The van der Waals surface area contributed by atoms with Crippen molar-refractivity contribution >= 4 is 35.0 Å². The van der Waals surface area contributed by atoms with Gasteiger partial charge in [-0.15, -0.1) is 0 Å². The molecule has 0 unspecified atom stereocenters. The molecule has 0 amide bonds. The van der Waals surface area contributed by atoms with E-state index in [1.165, 1.54) is 0 Å². The molecule has 3 aromatic carbocycles. The van der Waals surface area contributed by atoms with Crippen LogP contribution in [0.15, 0.2) is 101 Å². The highest BCUT2D eigenvalue weighted by atomic mass is 16.5. The minimum Gasteiger partial charge on any atom is -0.461 e. The van der Waals surface area contributed by atoms with Crippen LogP contribution in [-0.4, -0.2) is 30.3 Å². The smallest absolute Gasteiger partial charge is 0.379 e. The number of carbonyl (C=O) groups is 1. The molecule has 0 saturated heterocycles. The second kappa shape index (κ2) is 9.65. The van der Waals surface area contributed by atoms with E-state index in [9.17, 15) is 4.79 Å². The van der Waals surface area contributed by atoms with Crippen LogP contribution in [0.1, 0.15) is 6.92 Å². The van der Waals surface area contributed by atoms with Gasteiger partial charge in [-0.2, -0.15) is 9.98 Å². The van der Waals surface area contributed by atoms with Gasteiger partial charge in [0.05, 0.1) is 6.61 Å². The van der Waals surface area contributed by atoms with Gasteiger partial charge in [0.2, 0.25) is 11.9 Å². The van der Waals surface area contributed by atoms with Crippen LogP contribution in [0.5, 0.6) is 0 Å². The second-order valence-corrected chi connectivity index (χ2v) is 6.91. The number of rotatable bonds is 6. The van der Waals surface area contributed by atoms with E-state index >= 15 is 0 Å². The molecular formula is C24H24N6O2. The lowest BCUT2D eigenvalue weighted by molar-refractivity contribution is -0.148. The first-order valence-electron chi connectivity index (χ1n) is 10.3. The number of anilines is 3. The molecule has 8 nitrogen and oxygen atoms in total. The van der Waals surface area contributed by atoms with Gasteiger partial charge in [-0.05, 0) is 43.3 Å². The van der Waals surface area contributed by atoms with Crippen LogP contribution >= 0.6 is 0 Å². The zero-order valence-electron chi connectivity index (χ0n) is 17.6. The number of nitrogens with one attached hydrogen (secondary N) is 4. The maximum Gasteiger partial charge on any atom is 0.379 e. The number of para-hydroxylation sites is 3. The van der Waals surface area contributed by atoms with Crippen LogP contribution in [-0.2, 0) is 9.53 Å². The maximum atomic E-state index is 13.1. The number of guanidine groups is 2. The Kier molecular flexibility index (Phi) is 6.31. The Labute approximate surface area is 186 Å². The fourth-order valence-electron chi connectivity index (χ4n) is 3.10. The summed E-state index contributed by atoms with van der Waals surface area (Å²) in [6.45, 7) is 1.94. The molecule has 1 heterocycles. The standard InChI is InChI=1S/C24H24N6O2/c1-2-32-21(31)24(28-20-16-10-5-11-17-20)29-22(25-18-12-6-3-7-13-18)27-23(30-24)26-19-14-8-4-9-15-19/h3-17,28H,2H2,1H3,(H3,25,26,27,29,30). The topological polar surface area (TPSA) is 99.1 Å². The molecule has 3 aromatic rings. The van der Waals surface area contributed by atoms with Gasteiger partial charge in [-0.25, -0.2) is 4.79 Å². The Morgan fingerprint density at radius 1 is 0.781 bits per heavy atom. The average Bonchev–Trinajstić information content (AvgIpc) is 2.81. The van der Waals surface area contributed by atoms with Gasteiger partial charge in [0.25, 0.3) is 0 Å². The summed E-state index contributed by atoms with van der Waals surface area (Å²) in [6, 6.07) is 28.4. The predicted molar refractivity (Wildman–Crippen MR) is 128 cm³/mol. The van der Waals surface area contributed by atoms with E-state index in [-0.39, 0.29) is 6.61 Å². The molecule has 0 fully saturated rings. The quantitative estimate of drug-likeness (QED) is 0.445. The molecule has 4 N–H and O–H groups in total. The zero-order chi connectivity index (χ0) is 22.2. The van der Waals surface area contributed by atoms with Gasteiger partial charge in [-0.3, -0.25) is 5.32 Å². The molecular weight excluding hydrogens is 404 g/mol. The molecule has 0 spiro atoms. The molecule has 1 aliphatic rings. The normalized spacial score (nSPS) is 14.3. The third-order valence-corrected chi connectivity index (χ3v) is 4.51. The molecule has 162 valence electrons. The van der Waals surface area contributed by atoms with Crippen molar-refractivity contribution in [2.75, 3.05) is 22.6 Å². The summed E-state index contributed by atoms with van der Waals surface area (Å²) in [6.07, 6.45) is 0. The van der Waals surface area contributed by atoms with Crippen LogP contribution in [0.25, 0.3) is 0 Å². The lowest BCUT2D eigenvalue weighted by Crippen LogP contribution is -2.55. The number of esters is 1. The fourth-order valence-corrected chi connectivity index (χ4v) is 3.10. The largest absolute Gasteiger partial charge is 0.461 e. The zero-order valence-corrected chi connectivity index (χ0v) is 17.6. The summed E-state index contributed by atoms with van der Waals surface area (Å²) in [5.41, 5.74) is 2.28. The highest BCUT2D eigenvalue weighted by molar-refractivity contribution is 6.13. The van der Waals surface area contributed by atoms with E-state index in [4.69, 9.17) is 4.74 Å². The Hall–Kier alpha value is -4.33. The monoisotopic (exact) mass is 428 g/mol. The Morgan fingerprint density at radius 2 is 1.22 bits per heavy atom. The summed E-state index contributed by atoms with van der Waals surface area (Å²) < 4.78 is 5.36. The minimum absolute atomic E-state index is 0.193. The van der Waals surface area contributed by atoms with E-state index in [1.54, 1.807) is 6.92 Å². The molecule has 32 heavy (non-hydrogen) atoms. The van der Waals surface area contributed by atoms with Gasteiger partial charge < -0.3 is 20.7 Å². The number of carbonyl (C=O) groups excluding carboxylic acids is 1. The van der Waals surface area contributed by atoms with Crippen LogP contribution in [0, 0.1) is 0 Å². The van der Waals surface area contributed by atoms with E-state index in [1.807, 2.05) is 91.0 Å². The third kappa shape index (κ3) is 5.04. The van der Waals surface area contributed by atoms with Crippen molar-refractivity contribution in [3.8, 4) is 0 Å². The minimum atomic E-state index is -1.73. The molecule has 0 aliphatic carbocycles. The average molecular weight is 428 g/mol. The first-order chi connectivity index (χ1) is 15.7. The second-order valence-electron chi connectivity index (χ2n) is 6.91. The Bertz CT molecular complexity index is 1040. The van der Waals surface area contributed by atoms with Crippen molar-refractivity contribution in [3.63, 3.8) is 0 Å². The summed E-state index contributed by atoms with van der Waals surface area (Å²) in [5.74, 6) is -1.68. The number of benzene rings is 3. The Morgan fingerprint density at radius 3 is 1.66 bits per heavy atom. The van der Waals surface area contributed by atoms with Gasteiger partial charge in [0.15, 0.2) is 0 Å². The lowest BCUT2D eigenvalue weighted by Gasteiger charge is -2.31. The number of ether oxygens (including phenoxy) is 1. The highest BCUT2D eigenvalue weighted by Gasteiger charge is 2.43. The molecule has 0 aromatic heterocycles. The van der Waals surface area contributed by atoms with E-state index < -0.39 is 11.8 Å². The molecule has 4 rings (SSSR count). The number of hydrogen-bond donors (Lipinski definition) is 4. The van der Waals surface area contributed by atoms with Crippen molar-refractivity contribution in [3.05, 3.63) is 91.0 Å². The van der Waals surface area contributed by atoms with Gasteiger partial charge in [-0.1, -0.05) is 54.6 Å². The van der Waals surface area contributed by atoms with Gasteiger partial charge >= 0.3 is 11.8 Å². The van der Waals surface area contributed by atoms with Crippen LogP contribution in [0.3, 0.4) is 0 Å². The number of nitrogens with zero attached hydrogens (tertiary/aromatic N) is 2. The van der Waals surface area contributed by atoms with Crippen LogP contribution in [0.4, 0.5) is 17.1 Å². The predicted octanol–water partition coefficient (Wildman–Crippen LogP) is 3.85. The van der Waals surface area contributed by atoms with Crippen LogP contribution in [0.2, 0.25) is 0 Å². The third-order valence-electron chi connectivity index (χ3n) is 4.51. The maximum absolute atomic E-state index is 13.1. The summed E-state index contributed by atoms with van der Waals surface area (Å²) in [7, 11) is 0. The fraction of sp³-hybridized carbons (Fsp3) is 0.125. The van der Waals surface area contributed by atoms with E-state index in [2.05, 4.69) is 31.3 Å². The van der Waals surface area contributed by atoms with E-state index in [0.717, 1.165) is 11.4 Å². The van der Waals surface area contributed by atoms with Gasteiger partial charge in [0, 0.05) is 17.1 Å². The highest BCUT2D eigenvalue weighted by Crippen LogP contribution is 2.23. The molecule has 8 heteroatoms. The summed E-state index contributed by atoms with van der Waals surface area (Å²) in [4.78, 5) is 22.3. The first-order valence-corrected chi connectivity index (χ1v) is 10.3. The Balaban J connectivity index is 1.74. The van der Waals surface area contributed by atoms with Gasteiger partial charge in [0.1, 0.15) is 0 Å². The van der Waals surface area contributed by atoms with Crippen molar-refractivity contribution in [2.24, 2.45) is 9.98 Å². The molecule has 1 aliphatic heterocycles. The summed E-state index contributed by atoms with van der Waals surface area (Å²) >= 11 is 0. The molecule has 0 atom stereocenters. The van der Waals surface area contributed by atoms with Crippen LogP contribution < -0.4 is 21.3 Å². The SMILES string of the molecule is CCOC(=O)C1(Nc2ccccc2)N=C(Nc2ccccc2)NC(Nc2ccccc2)=N1. The van der Waals surface area contributed by atoms with E-state index in [0.29, 0.717) is 17.6 Å². The van der Waals surface area contributed by atoms with Crippen molar-refractivity contribution in [2.45, 2.75) is 12.7 Å². The van der Waals surface area contributed by atoms with Crippen molar-refractivity contribution in [1.29, 1.82) is 0 Å². The molecule has 0 saturated carbocycles. The van der Waals surface area contributed by atoms with Crippen molar-refractivity contribution in [1.82, 2.24) is 5.32 Å².